The van der Waals surface area contributed by atoms with Crippen LogP contribution in [0.4, 0.5) is 0 Å². The van der Waals surface area contributed by atoms with Gasteiger partial charge in [0.05, 0.1) is 0 Å². The average Bonchev–Trinajstić information content (AvgIpc) is 1.76. The molecule has 1 aromatic heterocycles. The zero-order valence-corrected chi connectivity index (χ0v) is 6.89. The predicted octanol–water partition coefficient (Wildman–Crippen LogP) is 1.37. The Hall–Kier alpha value is 0.499. The van der Waals surface area contributed by atoms with Crippen LogP contribution in [-0.2, 0) is 0 Å². The van der Waals surface area contributed by atoms with E-state index >= 15 is 0 Å². The summed E-state index contributed by atoms with van der Waals surface area (Å²) in [6.07, 6.45) is 0. The number of hydrogen-bond donors (Lipinski definition) is 0. The number of hydrogen-bond acceptors (Lipinski definition) is 1. The standard InChI is InChI=1S/C4H4S.Sn/c1-2-4-5-3-1;/h1-4H;. The van der Waals surface area contributed by atoms with Crippen LogP contribution in [-0.4, -0.2) is 23.9 Å². The van der Waals surface area contributed by atoms with Crippen molar-refractivity contribution in [1.29, 1.82) is 0 Å². The molecule has 0 aliphatic rings. The van der Waals surface area contributed by atoms with Gasteiger partial charge in [0.1, 0.15) is 0 Å². The zero-order valence-electron chi connectivity index (χ0n) is 3.22. The molecule has 1 rings (SSSR count). The van der Waals surface area contributed by atoms with Crippen LogP contribution < -0.4 is 0 Å². The molecule has 30 valence electrons. The van der Waals surface area contributed by atoms with Gasteiger partial charge in [0.15, 0.2) is 0 Å². The molecule has 0 aliphatic heterocycles. The molecule has 0 atom stereocenters. The normalized spacial score (nSPS) is 6.67. The molecule has 0 nitrogen and oxygen atoms in total. The molecule has 0 aromatic carbocycles. The largest absolute Gasteiger partial charge is 0.152 e. The Morgan fingerprint density at radius 3 is 1.67 bits per heavy atom. The molecular formula is C4H4SSn. The molecule has 2 heteroatoms. The van der Waals surface area contributed by atoms with Crippen LogP contribution in [0.1, 0.15) is 0 Å². The first-order valence-corrected chi connectivity index (χ1v) is 2.41. The third-order valence-corrected chi connectivity index (χ3v) is 1.05. The van der Waals surface area contributed by atoms with Crippen molar-refractivity contribution in [3.05, 3.63) is 22.9 Å². The van der Waals surface area contributed by atoms with Crippen LogP contribution in [0.25, 0.3) is 0 Å². The first-order chi connectivity index (χ1) is 2.50. The Morgan fingerprint density at radius 2 is 1.50 bits per heavy atom. The van der Waals surface area contributed by atoms with E-state index in [1.54, 1.807) is 11.3 Å². The number of rotatable bonds is 0. The summed E-state index contributed by atoms with van der Waals surface area (Å²) in [6, 6.07) is 4.04. The minimum Gasteiger partial charge on any atom is -0.152 e. The topological polar surface area (TPSA) is 0 Å². The van der Waals surface area contributed by atoms with E-state index in [2.05, 4.69) is 0 Å². The van der Waals surface area contributed by atoms with Crippen LogP contribution in [0.3, 0.4) is 0 Å². The minimum absolute atomic E-state index is 0. The van der Waals surface area contributed by atoms with Crippen molar-refractivity contribution in [1.82, 2.24) is 0 Å². The van der Waals surface area contributed by atoms with E-state index in [9.17, 15) is 0 Å². The van der Waals surface area contributed by atoms with E-state index < -0.39 is 0 Å². The number of thiophene rings is 1. The van der Waals surface area contributed by atoms with Gasteiger partial charge in [0, 0.05) is 23.9 Å². The first kappa shape index (κ1) is 6.50. The van der Waals surface area contributed by atoms with Crippen molar-refractivity contribution >= 4 is 35.2 Å². The minimum atomic E-state index is 0. The van der Waals surface area contributed by atoms with Gasteiger partial charge >= 0.3 is 0 Å². The van der Waals surface area contributed by atoms with E-state index in [1.807, 2.05) is 22.9 Å². The van der Waals surface area contributed by atoms with Gasteiger partial charge in [-0.1, -0.05) is 12.1 Å². The first-order valence-electron chi connectivity index (χ1n) is 1.47. The van der Waals surface area contributed by atoms with Gasteiger partial charge in [0.25, 0.3) is 0 Å². The van der Waals surface area contributed by atoms with Crippen LogP contribution >= 0.6 is 11.3 Å². The Morgan fingerprint density at radius 1 is 1.00 bits per heavy atom. The van der Waals surface area contributed by atoms with Crippen molar-refractivity contribution in [3.8, 4) is 0 Å². The molecule has 0 saturated carbocycles. The Labute approximate surface area is 58.2 Å². The second-order valence-corrected chi connectivity index (χ2v) is 1.61. The molecule has 6 heavy (non-hydrogen) atoms. The van der Waals surface area contributed by atoms with Gasteiger partial charge in [-0.3, -0.25) is 0 Å². The maximum atomic E-state index is 2.04. The average molecular weight is 203 g/mol. The van der Waals surface area contributed by atoms with Crippen LogP contribution in [0, 0.1) is 0 Å². The summed E-state index contributed by atoms with van der Waals surface area (Å²) in [5.74, 6) is 0. The van der Waals surface area contributed by atoms with Crippen molar-refractivity contribution in [2.24, 2.45) is 0 Å². The fourth-order valence-corrected chi connectivity index (χ4v) is 0.680. The van der Waals surface area contributed by atoms with Crippen LogP contribution in [0.5, 0.6) is 0 Å². The van der Waals surface area contributed by atoms with Crippen molar-refractivity contribution in [3.63, 3.8) is 0 Å². The molecule has 0 spiro atoms. The molecule has 1 heterocycles. The third kappa shape index (κ3) is 1.82. The van der Waals surface area contributed by atoms with Gasteiger partial charge in [-0.05, 0) is 10.8 Å². The van der Waals surface area contributed by atoms with E-state index in [0.717, 1.165) is 0 Å². The van der Waals surface area contributed by atoms with Gasteiger partial charge in [-0.15, -0.1) is 0 Å². The summed E-state index contributed by atoms with van der Waals surface area (Å²) in [4.78, 5) is 0. The Balaban J connectivity index is 0.000000250. The monoisotopic (exact) mass is 204 g/mol. The van der Waals surface area contributed by atoms with Gasteiger partial charge < -0.3 is 0 Å². The molecule has 1 aromatic rings. The Kier molecular flexibility index (Phi) is 3.99. The van der Waals surface area contributed by atoms with E-state index in [0.29, 0.717) is 0 Å². The molecular weight excluding hydrogens is 199 g/mol. The van der Waals surface area contributed by atoms with Gasteiger partial charge in [0.2, 0.25) is 0 Å². The second-order valence-electron chi connectivity index (χ2n) is 0.793. The van der Waals surface area contributed by atoms with E-state index in [4.69, 9.17) is 0 Å². The fourth-order valence-electron chi connectivity index (χ4n) is 0.227. The SMILES string of the molecule is [Sn].c1ccsc1. The molecule has 4 radical (unpaired) electrons. The van der Waals surface area contributed by atoms with E-state index in [1.165, 1.54) is 0 Å². The van der Waals surface area contributed by atoms with Crippen molar-refractivity contribution < 1.29 is 0 Å². The molecule has 0 bridgehead atoms. The summed E-state index contributed by atoms with van der Waals surface area (Å²) >= 11 is 1.71. The summed E-state index contributed by atoms with van der Waals surface area (Å²) in [6.45, 7) is 0. The zero-order chi connectivity index (χ0) is 3.54. The maximum Gasteiger partial charge on any atom is 0 e. The smallest absolute Gasteiger partial charge is 0 e. The fraction of sp³-hybridized carbons (Fsp3) is 0. The molecule has 0 N–H and O–H groups in total. The van der Waals surface area contributed by atoms with Crippen molar-refractivity contribution in [2.75, 3.05) is 0 Å². The Bertz CT molecular complexity index is 64.0. The maximum absolute atomic E-state index is 2.04. The summed E-state index contributed by atoms with van der Waals surface area (Å²) in [5.41, 5.74) is 0. The summed E-state index contributed by atoms with van der Waals surface area (Å²) in [5, 5.41) is 4.08. The van der Waals surface area contributed by atoms with E-state index in [-0.39, 0.29) is 23.9 Å². The van der Waals surface area contributed by atoms with Crippen LogP contribution in [0.2, 0.25) is 0 Å². The predicted molar refractivity (Wildman–Crippen MR) is 30.1 cm³/mol. The molecule has 0 unspecified atom stereocenters. The van der Waals surface area contributed by atoms with Crippen molar-refractivity contribution in [2.45, 2.75) is 0 Å². The van der Waals surface area contributed by atoms with Gasteiger partial charge in [-0.25, -0.2) is 0 Å². The van der Waals surface area contributed by atoms with Crippen LogP contribution in [0.15, 0.2) is 22.9 Å². The molecule has 0 saturated heterocycles. The summed E-state index contributed by atoms with van der Waals surface area (Å²) < 4.78 is 0. The quantitative estimate of drug-likeness (QED) is 0.558. The summed E-state index contributed by atoms with van der Waals surface area (Å²) in [7, 11) is 0. The third-order valence-electron chi connectivity index (χ3n) is 0.425. The molecule has 0 amide bonds. The second kappa shape index (κ2) is 3.68. The molecule has 0 aliphatic carbocycles. The van der Waals surface area contributed by atoms with Gasteiger partial charge in [-0.2, -0.15) is 11.3 Å². The molecule has 0 fully saturated rings.